The molecule has 6 nitrogen and oxygen atoms in total. The van der Waals surface area contributed by atoms with Crippen LogP contribution in [-0.4, -0.2) is 38.1 Å². The predicted octanol–water partition coefficient (Wildman–Crippen LogP) is 0.427. The maximum Gasteiger partial charge on any atom is 0.293 e. The van der Waals surface area contributed by atoms with Gasteiger partial charge in [-0.25, -0.2) is 0 Å². The van der Waals surface area contributed by atoms with Gasteiger partial charge in [-0.1, -0.05) is 25.4 Å². The zero-order valence-corrected chi connectivity index (χ0v) is 14.9. The molecule has 0 aliphatic carbocycles. The average molecular weight is 355 g/mol. The topological polar surface area (TPSA) is 71.9 Å². The van der Waals surface area contributed by atoms with Crippen LogP contribution in [0.15, 0.2) is 24.3 Å². The second kappa shape index (κ2) is 8.89. The Morgan fingerprint density at radius 3 is 2.33 bits per heavy atom. The van der Waals surface area contributed by atoms with Crippen molar-refractivity contribution in [2.45, 2.75) is 20.3 Å². The van der Waals surface area contributed by atoms with E-state index in [0.717, 1.165) is 13.1 Å². The number of benzene rings is 1. The molecule has 1 aromatic rings. The molecule has 1 aliphatic rings. The summed E-state index contributed by atoms with van der Waals surface area (Å²) in [5, 5.41) is 0.600. The van der Waals surface area contributed by atoms with E-state index in [1.165, 1.54) is 11.3 Å². The van der Waals surface area contributed by atoms with Gasteiger partial charge in [0.05, 0.1) is 13.1 Å². The third kappa shape index (κ3) is 6.37. The number of hydrogen-bond acceptors (Lipinski definition) is 3. The molecule has 7 heteroatoms. The summed E-state index contributed by atoms with van der Waals surface area (Å²) in [4.78, 5) is 24.9. The third-order valence-electron chi connectivity index (χ3n) is 4.01. The van der Waals surface area contributed by atoms with Crippen LogP contribution in [0.1, 0.15) is 20.3 Å². The van der Waals surface area contributed by atoms with Gasteiger partial charge in [-0.05, 0) is 30.7 Å². The molecule has 0 saturated carbocycles. The van der Waals surface area contributed by atoms with E-state index in [1.807, 2.05) is 0 Å². The number of piperidine rings is 1. The van der Waals surface area contributed by atoms with E-state index < -0.39 is 5.91 Å². The summed E-state index contributed by atoms with van der Waals surface area (Å²) in [5.41, 5.74) is 4.82. The van der Waals surface area contributed by atoms with Gasteiger partial charge in [0, 0.05) is 16.9 Å². The summed E-state index contributed by atoms with van der Waals surface area (Å²) in [7, 11) is 0. The summed E-state index contributed by atoms with van der Waals surface area (Å²) in [6.07, 6.45) is 1.21. The number of hydrazine groups is 1. The summed E-state index contributed by atoms with van der Waals surface area (Å²) in [6, 6.07) is 6.71. The molecule has 0 aromatic heterocycles. The van der Waals surface area contributed by atoms with Crippen LogP contribution in [0.4, 0.5) is 0 Å². The minimum Gasteiger partial charge on any atom is -0.484 e. The molecule has 2 rings (SSSR count). The minimum atomic E-state index is -0.409. The van der Waals surface area contributed by atoms with Crippen molar-refractivity contribution < 1.29 is 19.2 Å². The standard InChI is InChI=1S/C17H24ClN3O3/c1-12-7-13(2)9-21(8-12)10-16(22)19-20-17(23)11-24-15-5-3-14(18)4-6-15/h3-6,12-13H,7-11H2,1-2H3,(H,19,22)(H,20,23)/p+1/t12-,13-/m1/s1. The van der Waals surface area contributed by atoms with Gasteiger partial charge in [-0.2, -0.15) is 0 Å². The SMILES string of the molecule is C[C@@H]1C[C@@H](C)C[NH+](CC(=O)NNC(=O)COc2ccc(Cl)cc2)C1. The quantitative estimate of drug-likeness (QED) is 0.671. The molecule has 1 aliphatic heterocycles. The van der Waals surface area contributed by atoms with E-state index in [1.54, 1.807) is 24.3 Å². The maximum absolute atomic E-state index is 11.9. The average Bonchev–Trinajstić information content (AvgIpc) is 2.51. The van der Waals surface area contributed by atoms with E-state index in [9.17, 15) is 9.59 Å². The van der Waals surface area contributed by atoms with Crippen molar-refractivity contribution in [1.29, 1.82) is 0 Å². The zero-order valence-electron chi connectivity index (χ0n) is 14.1. The molecule has 132 valence electrons. The van der Waals surface area contributed by atoms with Gasteiger partial charge < -0.3 is 9.64 Å². The molecule has 1 aromatic carbocycles. The van der Waals surface area contributed by atoms with E-state index >= 15 is 0 Å². The monoisotopic (exact) mass is 354 g/mol. The highest BCUT2D eigenvalue weighted by atomic mass is 35.5. The van der Waals surface area contributed by atoms with Crippen molar-refractivity contribution in [3.05, 3.63) is 29.3 Å². The Bertz CT molecular complexity index is 555. The number of likely N-dealkylation sites (tertiary alicyclic amines) is 1. The first-order chi connectivity index (χ1) is 11.4. The Morgan fingerprint density at radius 2 is 1.71 bits per heavy atom. The molecule has 24 heavy (non-hydrogen) atoms. The highest BCUT2D eigenvalue weighted by Gasteiger charge is 2.26. The Morgan fingerprint density at radius 1 is 1.12 bits per heavy atom. The van der Waals surface area contributed by atoms with Gasteiger partial charge in [0.25, 0.3) is 11.8 Å². The Balaban J connectivity index is 1.65. The van der Waals surface area contributed by atoms with Gasteiger partial charge in [-0.3, -0.25) is 20.4 Å². The maximum atomic E-state index is 11.9. The second-order valence-corrected chi connectivity index (χ2v) is 7.06. The lowest BCUT2D eigenvalue weighted by atomic mass is 9.92. The van der Waals surface area contributed by atoms with Crippen molar-refractivity contribution in [2.24, 2.45) is 11.8 Å². The first-order valence-electron chi connectivity index (χ1n) is 8.22. The normalized spacial score (nSPS) is 23.4. The lowest BCUT2D eigenvalue weighted by Gasteiger charge is -2.31. The molecule has 1 fully saturated rings. The van der Waals surface area contributed by atoms with Crippen LogP contribution >= 0.6 is 11.6 Å². The van der Waals surface area contributed by atoms with Crippen molar-refractivity contribution in [1.82, 2.24) is 10.9 Å². The molecule has 1 saturated heterocycles. The lowest BCUT2D eigenvalue weighted by molar-refractivity contribution is -0.904. The van der Waals surface area contributed by atoms with Crippen molar-refractivity contribution in [2.75, 3.05) is 26.2 Å². The molecule has 0 bridgehead atoms. The number of carbonyl (C=O) groups excluding carboxylic acids is 2. The van der Waals surface area contributed by atoms with Crippen molar-refractivity contribution >= 4 is 23.4 Å². The summed E-state index contributed by atoms with van der Waals surface area (Å²) in [5.74, 6) is 1.19. The second-order valence-electron chi connectivity index (χ2n) is 6.62. The molecule has 0 unspecified atom stereocenters. The molecule has 3 N–H and O–H groups in total. The zero-order chi connectivity index (χ0) is 17.5. The van der Waals surface area contributed by atoms with Gasteiger partial charge >= 0.3 is 0 Å². The number of carbonyl (C=O) groups is 2. The molecule has 0 spiro atoms. The summed E-state index contributed by atoms with van der Waals surface area (Å²) < 4.78 is 5.31. The van der Waals surface area contributed by atoms with Crippen LogP contribution in [0.2, 0.25) is 5.02 Å². The third-order valence-corrected chi connectivity index (χ3v) is 4.27. The number of ether oxygens (including phenoxy) is 1. The van der Waals surface area contributed by atoms with E-state index in [-0.39, 0.29) is 12.5 Å². The van der Waals surface area contributed by atoms with Gasteiger partial charge in [0.1, 0.15) is 5.75 Å². The number of rotatable bonds is 5. The number of amides is 2. The van der Waals surface area contributed by atoms with Crippen LogP contribution in [0, 0.1) is 11.8 Å². The molecular formula is C17H25ClN3O3+. The highest BCUT2D eigenvalue weighted by molar-refractivity contribution is 6.30. The first-order valence-corrected chi connectivity index (χ1v) is 8.59. The molecule has 2 atom stereocenters. The van der Waals surface area contributed by atoms with E-state index in [4.69, 9.17) is 16.3 Å². The highest BCUT2D eigenvalue weighted by Crippen LogP contribution is 2.15. The molecule has 2 amide bonds. The predicted molar refractivity (Wildman–Crippen MR) is 91.7 cm³/mol. The smallest absolute Gasteiger partial charge is 0.293 e. The number of nitrogens with one attached hydrogen (secondary N) is 3. The fourth-order valence-corrected chi connectivity index (χ4v) is 3.32. The largest absolute Gasteiger partial charge is 0.484 e. The van der Waals surface area contributed by atoms with Crippen LogP contribution in [0.5, 0.6) is 5.75 Å². The van der Waals surface area contributed by atoms with Gasteiger partial charge in [-0.15, -0.1) is 0 Å². The van der Waals surface area contributed by atoms with Crippen LogP contribution < -0.4 is 20.5 Å². The number of quaternary nitrogens is 1. The number of hydrogen-bond donors (Lipinski definition) is 3. The fraction of sp³-hybridized carbons (Fsp3) is 0.529. The molecule has 0 radical (unpaired) electrons. The van der Waals surface area contributed by atoms with Crippen molar-refractivity contribution in [3.8, 4) is 5.75 Å². The van der Waals surface area contributed by atoms with Gasteiger partial charge in [0.15, 0.2) is 13.2 Å². The van der Waals surface area contributed by atoms with Crippen LogP contribution in [0.25, 0.3) is 0 Å². The Kier molecular flexibility index (Phi) is 6.87. The summed E-state index contributed by atoms with van der Waals surface area (Å²) >= 11 is 5.77. The van der Waals surface area contributed by atoms with Gasteiger partial charge in [0.2, 0.25) is 0 Å². The van der Waals surface area contributed by atoms with E-state index in [2.05, 4.69) is 24.7 Å². The summed E-state index contributed by atoms with van der Waals surface area (Å²) in [6.45, 7) is 6.60. The lowest BCUT2D eigenvalue weighted by Crippen LogP contribution is -3.15. The van der Waals surface area contributed by atoms with Crippen LogP contribution in [0.3, 0.4) is 0 Å². The minimum absolute atomic E-state index is 0.174. The Hall–Kier alpha value is -1.79. The molecule has 1 heterocycles. The Labute approximate surface area is 147 Å². The van der Waals surface area contributed by atoms with E-state index in [0.29, 0.717) is 29.2 Å². The van der Waals surface area contributed by atoms with Crippen molar-refractivity contribution in [3.63, 3.8) is 0 Å². The molecular weight excluding hydrogens is 330 g/mol. The van der Waals surface area contributed by atoms with Crippen LogP contribution in [-0.2, 0) is 9.59 Å². The number of halogens is 1. The fourth-order valence-electron chi connectivity index (χ4n) is 3.19. The first kappa shape index (κ1) is 18.5.